The van der Waals surface area contributed by atoms with E-state index in [9.17, 15) is 22.8 Å². The van der Waals surface area contributed by atoms with Crippen molar-refractivity contribution in [2.75, 3.05) is 31.5 Å². The van der Waals surface area contributed by atoms with Gasteiger partial charge in [0.05, 0.1) is 5.56 Å². The molecular formula is C22H19F3N4O3. The number of ether oxygens (including phenoxy) is 1. The number of hydrogen-bond acceptors (Lipinski definition) is 5. The van der Waals surface area contributed by atoms with Crippen LogP contribution in [0.3, 0.4) is 0 Å². The lowest BCUT2D eigenvalue weighted by molar-refractivity contribution is -0.138. The molecule has 2 aliphatic heterocycles. The molecular weight excluding hydrogens is 425 g/mol. The van der Waals surface area contributed by atoms with Crippen LogP contribution in [0.2, 0.25) is 0 Å². The van der Waals surface area contributed by atoms with Crippen LogP contribution in [0.4, 0.5) is 23.7 Å². The van der Waals surface area contributed by atoms with E-state index >= 15 is 0 Å². The maximum Gasteiger partial charge on any atom is 0.417 e. The van der Waals surface area contributed by atoms with Gasteiger partial charge in [-0.15, -0.1) is 0 Å². The molecule has 4 rings (SSSR count). The van der Waals surface area contributed by atoms with Crippen molar-refractivity contribution in [3.8, 4) is 0 Å². The van der Waals surface area contributed by atoms with Crippen LogP contribution < -0.4 is 5.32 Å². The first-order valence-corrected chi connectivity index (χ1v) is 9.85. The highest BCUT2D eigenvalue weighted by Gasteiger charge is 2.37. The van der Waals surface area contributed by atoms with E-state index in [1.807, 2.05) is 18.2 Å². The van der Waals surface area contributed by atoms with Crippen LogP contribution in [0.15, 0.2) is 71.5 Å². The van der Waals surface area contributed by atoms with Crippen LogP contribution in [0.5, 0.6) is 0 Å². The number of nitrogens with zero attached hydrogens (tertiary/aromatic N) is 3. The standard InChI is InChI=1S/C22H19F3N4O3/c23-22(24,25)17-9-5-4-8-16(17)19-27-18(20(30)32-19)14-28-10-12-29(13-11-28)21(31)26-15-6-2-1-3-7-15/h1-9,14H,10-13H2,(H,26,31)/b18-14-. The van der Waals surface area contributed by atoms with Gasteiger partial charge in [0, 0.05) is 43.6 Å². The molecule has 0 saturated carbocycles. The molecule has 0 spiro atoms. The lowest BCUT2D eigenvalue weighted by Gasteiger charge is -2.34. The Morgan fingerprint density at radius 2 is 1.66 bits per heavy atom. The number of urea groups is 1. The Kier molecular flexibility index (Phi) is 5.85. The monoisotopic (exact) mass is 444 g/mol. The predicted molar refractivity (Wildman–Crippen MR) is 111 cm³/mol. The van der Waals surface area contributed by atoms with Gasteiger partial charge in [-0.2, -0.15) is 13.2 Å². The second-order valence-corrected chi connectivity index (χ2v) is 7.18. The number of carbonyl (C=O) groups is 2. The van der Waals surface area contributed by atoms with Gasteiger partial charge < -0.3 is 19.9 Å². The van der Waals surface area contributed by atoms with E-state index in [2.05, 4.69) is 10.3 Å². The second-order valence-electron chi connectivity index (χ2n) is 7.18. The lowest BCUT2D eigenvalue weighted by atomic mass is 10.1. The van der Waals surface area contributed by atoms with Gasteiger partial charge in [-0.25, -0.2) is 14.6 Å². The van der Waals surface area contributed by atoms with E-state index in [0.29, 0.717) is 31.9 Å². The van der Waals surface area contributed by atoms with E-state index in [0.717, 1.165) is 6.07 Å². The Morgan fingerprint density at radius 1 is 1.00 bits per heavy atom. The zero-order valence-corrected chi connectivity index (χ0v) is 16.8. The molecule has 166 valence electrons. The van der Waals surface area contributed by atoms with Crippen LogP contribution in [-0.2, 0) is 15.7 Å². The summed E-state index contributed by atoms with van der Waals surface area (Å²) in [6.45, 7) is 1.68. The SMILES string of the molecule is O=C1OC(c2ccccc2C(F)(F)F)=N/C1=C\N1CCN(C(=O)Nc2ccccc2)CC1. The third-order valence-corrected chi connectivity index (χ3v) is 5.01. The number of halogens is 3. The van der Waals surface area contributed by atoms with Crippen molar-refractivity contribution in [3.05, 3.63) is 77.6 Å². The van der Waals surface area contributed by atoms with Gasteiger partial charge >= 0.3 is 18.2 Å². The molecule has 0 bridgehead atoms. The molecule has 32 heavy (non-hydrogen) atoms. The molecule has 0 radical (unpaired) electrons. The molecule has 2 amide bonds. The summed E-state index contributed by atoms with van der Waals surface area (Å²) in [5, 5.41) is 2.81. The van der Waals surface area contributed by atoms with Crippen molar-refractivity contribution in [3.63, 3.8) is 0 Å². The first-order chi connectivity index (χ1) is 15.3. The number of rotatable bonds is 3. The fraction of sp³-hybridized carbons (Fsp3) is 0.227. The highest BCUT2D eigenvalue weighted by molar-refractivity contribution is 6.11. The largest absolute Gasteiger partial charge is 0.417 e. The van der Waals surface area contributed by atoms with Crippen LogP contribution >= 0.6 is 0 Å². The zero-order valence-electron chi connectivity index (χ0n) is 16.8. The molecule has 0 aromatic heterocycles. The Balaban J connectivity index is 1.42. The smallest absolute Gasteiger partial charge is 0.402 e. The number of amides is 2. The van der Waals surface area contributed by atoms with Crippen LogP contribution in [-0.4, -0.2) is 53.9 Å². The maximum absolute atomic E-state index is 13.3. The van der Waals surface area contributed by atoms with E-state index in [1.165, 1.54) is 24.4 Å². The number of benzene rings is 2. The van der Waals surface area contributed by atoms with Gasteiger partial charge in [0.1, 0.15) is 0 Å². The van der Waals surface area contributed by atoms with Crippen molar-refractivity contribution in [2.24, 2.45) is 4.99 Å². The summed E-state index contributed by atoms with van der Waals surface area (Å²) in [5.74, 6) is -1.20. The lowest BCUT2D eigenvalue weighted by Crippen LogP contribution is -2.48. The summed E-state index contributed by atoms with van der Waals surface area (Å²) >= 11 is 0. The number of anilines is 1. The zero-order chi connectivity index (χ0) is 22.7. The number of carbonyl (C=O) groups excluding carboxylic acids is 2. The third-order valence-electron chi connectivity index (χ3n) is 5.01. The van der Waals surface area contributed by atoms with E-state index < -0.39 is 17.7 Å². The minimum absolute atomic E-state index is 0.0841. The first-order valence-electron chi connectivity index (χ1n) is 9.85. The number of cyclic esters (lactones) is 1. The highest BCUT2D eigenvalue weighted by atomic mass is 19.4. The molecule has 2 aromatic rings. The van der Waals surface area contributed by atoms with Crippen LogP contribution in [0, 0.1) is 0 Å². The Morgan fingerprint density at radius 3 is 2.34 bits per heavy atom. The van der Waals surface area contributed by atoms with Gasteiger partial charge in [0.2, 0.25) is 5.90 Å². The van der Waals surface area contributed by atoms with Gasteiger partial charge in [-0.05, 0) is 24.3 Å². The van der Waals surface area contributed by atoms with Crippen LogP contribution in [0.1, 0.15) is 11.1 Å². The molecule has 2 heterocycles. The Bertz CT molecular complexity index is 1080. The molecule has 10 heteroatoms. The fourth-order valence-corrected chi connectivity index (χ4v) is 3.38. The Hall–Kier alpha value is -3.82. The van der Waals surface area contributed by atoms with Crippen molar-refractivity contribution in [1.29, 1.82) is 0 Å². The van der Waals surface area contributed by atoms with Crippen molar-refractivity contribution >= 4 is 23.6 Å². The van der Waals surface area contributed by atoms with E-state index in [1.54, 1.807) is 21.9 Å². The van der Waals surface area contributed by atoms with Crippen LogP contribution in [0.25, 0.3) is 0 Å². The molecule has 0 atom stereocenters. The first kappa shape index (κ1) is 21.4. The van der Waals surface area contributed by atoms with Crippen molar-refractivity contribution in [1.82, 2.24) is 9.80 Å². The summed E-state index contributed by atoms with van der Waals surface area (Å²) < 4.78 is 44.8. The van der Waals surface area contributed by atoms with Gasteiger partial charge in [0.25, 0.3) is 0 Å². The van der Waals surface area contributed by atoms with E-state index in [-0.39, 0.29) is 23.2 Å². The molecule has 7 nitrogen and oxygen atoms in total. The number of piperazine rings is 1. The van der Waals surface area contributed by atoms with Gasteiger partial charge in [-0.3, -0.25) is 0 Å². The molecule has 0 unspecified atom stereocenters. The summed E-state index contributed by atoms with van der Waals surface area (Å²) in [7, 11) is 0. The summed E-state index contributed by atoms with van der Waals surface area (Å²) in [5.41, 5.74) is -0.610. The maximum atomic E-state index is 13.3. The van der Waals surface area contributed by atoms with Crippen molar-refractivity contribution in [2.45, 2.75) is 6.18 Å². The predicted octanol–water partition coefficient (Wildman–Crippen LogP) is 3.70. The molecule has 1 N–H and O–H groups in total. The van der Waals surface area contributed by atoms with Gasteiger partial charge in [0.15, 0.2) is 5.70 Å². The molecule has 2 aliphatic rings. The summed E-state index contributed by atoms with van der Waals surface area (Å²) in [6.07, 6.45) is -3.15. The number of nitrogens with one attached hydrogen (secondary N) is 1. The summed E-state index contributed by atoms with van der Waals surface area (Å²) in [4.78, 5) is 32.0. The van der Waals surface area contributed by atoms with E-state index in [4.69, 9.17) is 4.74 Å². The number of aliphatic imine (C=N–C) groups is 1. The van der Waals surface area contributed by atoms with Gasteiger partial charge in [-0.1, -0.05) is 30.3 Å². The molecule has 1 fully saturated rings. The summed E-state index contributed by atoms with van der Waals surface area (Å²) in [6, 6.07) is 13.6. The molecule has 1 saturated heterocycles. The normalized spacial score (nSPS) is 17.9. The second kappa shape index (κ2) is 8.74. The number of esters is 1. The third kappa shape index (κ3) is 4.74. The minimum atomic E-state index is -4.60. The highest BCUT2D eigenvalue weighted by Crippen LogP contribution is 2.33. The average Bonchev–Trinajstić information content (AvgIpc) is 3.14. The number of alkyl halides is 3. The topological polar surface area (TPSA) is 74.2 Å². The Labute approximate surface area is 181 Å². The molecule has 2 aromatic carbocycles. The van der Waals surface area contributed by atoms with Crippen molar-refractivity contribution < 1.29 is 27.5 Å². The minimum Gasteiger partial charge on any atom is -0.402 e. The molecule has 0 aliphatic carbocycles. The quantitative estimate of drug-likeness (QED) is 0.579. The number of hydrogen-bond donors (Lipinski definition) is 1. The fourth-order valence-electron chi connectivity index (χ4n) is 3.38. The average molecular weight is 444 g/mol. The number of para-hydroxylation sites is 1.